The van der Waals surface area contributed by atoms with Gasteiger partial charge in [0.05, 0.1) is 21.9 Å². The van der Waals surface area contributed by atoms with Crippen LogP contribution in [0.15, 0.2) is 70.5 Å². The Bertz CT molecular complexity index is 1330. The molecule has 11 heteroatoms. The summed E-state index contributed by atoms with van der Waals surface area (Å²) in [5.41, 5.74) is 1.04. The fraction of sp³-hybridized carbons (Fsp3) is 0.136. The zero-order chi connectivity index (χ0) is 24.2. The van der Waals surface area contributed by atoms with Crippen molar-refractivity contribution in [3.05, 3.63) is 87.7 Å². The summed E-state index contributed by atoms with van der Waals surface area (Å²) in [6, 6.07) is 14.4. The van der Waals surface area contributed by atoms with Crippen LogP contribution in [0, 0.1) is 22.9 Å². The number of halogens is 1. The summed E-state index contributed by atoms with van der Waals surface area (Å²) >= 11 is 0.979. The van der Waals surface area contributed by atoms with Crippen molar-refractivity contribution in [2.24, 2.45) is 0 Å². The molecule has 0 bridgehead atoms. The quantitative estimate of drug-likeness (QED) is 0.331. The van der Waals surface area contributed by atoms with Crippen LogP contribution in [0.2, 0.25) is 0 Å². The SMILES string of the molecule is CCS(=O)(=O)Nc1ccc(NC(=O)c2cc([N+](=O)[O-])ccc2Sc2ccccc2F)cc1C. The molecule has 0 atom stereocenters. The molecule has 0 aliphatic rings. The summed E-state index contributed by atoms with van der Waals surface area (Å²) < 4.78 is 40.2. The molecule has 3 aromatic carbocycles. The van der Waals surface area contributed by atoms with Gasteiger partial charge in [0.25, 0.3) is 11.6 Å². The predicted octanol–water partition coefficient (Wildman–Crippen LogP) is 5.21. The van der Waals surface area contributed by atoms with Gasteiger partial charge < -0.3 is 5.32 Å². The number of amides is 1. The van der Waals surface area contributed by atoms with Gasteiger partial charge in [0.2, 0.25) is 10.0 Å². The van der Waals surface area contributed by atoms with E-state index in [0.717, 1.165) is 17.8 Å². The van der Waals surface area contributed by atoms with Crippen LogP contribution in [-0.4, -0.2) is 25.0 Å². The van der Waals surface area contributed by atoms with Crippen molar-refractivity contribution in [3.63, 3.8) is 0 Å². The molecule has 8 nitrogen and oxygen atoms in total. The monoisotopic (exact) mass is 489 g/mol. The van der Waals surface area contributed by atoms with Gasteiger partial charge >= 0.3 is 0 Å². The Morgan fingerprint density at radius 1 is 1.09 bits per heavy atom. The van der Waals surface area contributed by atoms with Crippen LogP contribution in [0.5, 0.6) is 0 Å². The molecule has 0 heterocycles. The molecular weight excluding hydrogens is 469 g/mol. The Balaban J connectivity index is 1.91. The first kappa shape index (κ1) is 24.2. The molecule has 33 heavy (non-hydrogen) atoms. The van der Waals surface area contributed by atoms with Crippen molar-refractivity contribution in [3.8, 4) is 0 Å². The van der Waals surface area contributed by atoms with E-state index in [9.17, 15) is 27.7 Å². The van der Waals surface area contributed by atoms with Crippen LogP contribution in [0.4, 0.5) is 21.5 Å². The predicted molar refractivity (Wildman–Crippen MR) is 126 cm³/mol. The molecule has 0 fully saturated rings. The van der Waals surface area contributed by atoms with Crippen molar-refractivity contribution in [2.45, 2.75) is 23.6 Å². The number of rotatable bonds is 8. The first-order chi connectivity index (χ1) is 15.6. The van der Waals surface area contributed by atoms with Crippen LogP contribution in [0.3, 0.4) is 0 Å². The lowest BCUT2D eigenvalue weighted by atomic mass is 10.1. The van der Waals surface area contributed by atoms with Gasteiger partial charge in [-0.1, -0.05) is 23.9 Å². The van der Waals surface area contributed by atoms with E-state index in [1.165, 1.54) is 43.3 Å². The van der Waals surface area contributed by atoms with E-state index < -0.39 is 26.7 Å². The molecular formula is C22H20FN3O5S2. The summed E-state index contributed by atoms with van der Waals surface area (Å²) in [4.78, 5) is 24.2. The number of carbonyl (C=O) groups is 1. The number of non-ortho nitro benzene ring substituents is 1. The molecule has 0 unspecified atom stereocenters. The second-order valence-electron chi connectivity index (χ2n) is 6.96. The van der Waals surface area contributed by atoms with Crippen LogP contribution in [0.25, 0.3) is 0 Å². The molecule has 0 saturated carbocycles. The van der Waals surface area contributed by atoms with Crippen molar-refractivity contribution in [1.82, 2.24) is 0 Å². The second-order valence-corrected chi connectivity index (χ2v) is 10.1. The molecule has 0 radical (unpaired) electrons. The highest BCUT2D eigenvalue weighted by molar-refractivity contribution is 7.99. The topological polar surface area (TPSA) is 118 Å². The normalized spacial score (nSPS) is 11.1. The van der Waals surface area contributed by atoms with Gasteiger partial charge in [-0.15, -0.1) is 0 Å². The maximum atomic E-state index is 14.1. The molecule has 0 spiro atoms. The van der Waals surface area contributed by atoms with Crippen molar-refractivity contribution in [1.29, 1.82) is 0 Å². The number of nitrogens with one attached hydrogen (secondary N) is 2. The van der Waals surface area contributed by atoms with E-state index in [1.54, 1.807) is 25.1 Å². The maximum absolute atomic E-state index is 14.1. The third-order valence-electron chi connectivity index (χ3n) is 4.60. The zero-order valence-corrected chi connectivity index (χ0v) is 19.3. The number of hydrogen-bond acceptors (Lipinski definition) is 6. The first-order valence-electron chi connectivity index (χ1n) is 9.73. The van der Waals surface area contributed by atoms with Gasteiger partial charge in [0.1, 0.15) is 5.82 Å². The third-order valence-corrected chi connectivity index (χ3v) is 7.02. The molecule has 0 aromatic heterocycles. The Morgan fingerprint density at radius 3 is 2.45 bits per heavy atom. The molecule has 0 saturated heterocycles. The third kappa shape index (κ3) is 6.08. The van der Waals surface area contributed by atoms with E-state index in [0.29, 0.717) is 21.8 Å². The van der Waals surface area contributed by atoms with Gasteiger partial charge in [0.15, 0.2) is 0 Å². The highest BCUT2D eigenvalue weighted by atomic mass is 32.2. The number of benzene rings is 3. The molecule has 1 amide bonds. The largest absolute Gasteiger partial charge is 0.322 e. The Hall–Kier alpha value is -3.44. The van der Waals surface area contributed by atoms with Crippen molar-refractivity contribution >= 4 is 44.8 Å². The standard InChI is InChI=1S/C22H20FN3O5S2/c1-3-33(30,31)25-19-10-8-15(12-14(19)2)24-22(27)17-13-16(26(28)29)9-11-20(17)32-21-7-5-4-6-18(21)23/h4-13,25H,3H2,1-2H3,(H,24,27). The van der Waals surface area contributed by atoms with Crippen LogP contribution in [-0.2, 0) is 10.0 Å². The van der Waals surface area contributed by atoms with E-state index in [4.69, 9.17) is 0 Å². The number of carbonyl (C=O) groups excluding carboxylic acids is 1. The summed E-state index contributed by atoms with van der Waals surface area (Å²) in [5.74, 6) is -1.19. The lowest BCUT2D eigenvalue weighted by Gasteiger charge is -2.13. The van der Waals surface area contributed by atoms with Crippen molar-refractivity contribution < 1.29 is 22.5 Å². The minimum atomic E-state index is -3.46. The van der Waals surface area contributed by atoms with Gasteiger partial charge in [-0.2, -0.15) is 0 Å². The number of hydrogen-bond donors (Lipinski definition) is 2. The Kier molecular flexibility index (Phi) is 7.34. The van der Waals surface area contributed by atoms with Gasteiger partial charge in [-0.3, -0.25) is 19.6 Å². The number of sulfonamides is 1. The second kappa shape index (κ2) is 10.0. The van der Waals surface area contributed by atoms with Gasteiger partial charge in [-0.25, -0.2) is 12.8 Å². The van der Waals surface area contributed by atoms with E-state index in [-0.39, 0.29) is 21.9 Å². The molecule has 3 aromatic rings. The number of nitro benzene ring substituents is 1. The molecule has 2 N–H and O–H groups in total. The molecule has 3 rings (SSSR count). The van der Waals surface area contributed by atoms with E-state index in [1.807, 2.05) is 0 Å². The first-order valence-corrected chi connectivity index (χ1v) is 12.2. The number of anilines is 2. The number of nitro groups is 1. The highest BCUT2D eigenvalue weighted by Crippen LogP contribution is 2.34. The van der Waals surface area contributed by atoms with E-state index in [2.05, 4.69) is 10.0 Å². The molecule has 0 aliphatic carbocycles. The maximum Gasteiger partial charge on any atom is 0.270 e. The van der Waals surface area contributed by atoms with Crippen LogP contribution >= 0.6 is 11.8 Å². The molecule has 172 valence electrons. The lowest BCUT2D eigenvalue weighted by Crippen LogP contribution is -2.16. The van der Waals surface area contributed by atoms with Crippen LogP contribution in [0.1, 0.15) is 22.8 Å². The molecule has 0 aliphatic heterocycles. The highest BCUT2D eigenvalue weighted by Gasteiger charge is 2.19. The van der Waals surface area contributed by atoms with Gasteiger partial charge in [0, 0.05) is 27.6 Å². The number of nitrogens with zero attached hydrogens (tertiary/aromatic N) is 1. The van der Waals surface area contributed by atoms with Crippen LogP contribution < -0.4 is 10.0 Å². The van der Waals surface area contributed by atoms with Crippen molar-refractivity contribution in [2.75, 3.05) is 15.8 Å². The lowest BCUT2D eigenvalue weighted by molar-refractivity contribution is -0.384. The average molecular weight is 490 g/mol. The Labute approximate surface area is 194 Å². The Morgan fingerprint density at radius 2 is 1.82 bits per heavy atom. The smallest absolute Gasteiger partial charge is 0.270 e. The summed E-state index contributed by atoms with van der Waals surface area (Å²) in [5, 5.41) is 13.9. The average Bonchev–Trinajstić information content (AvgIpc) is 2.77. The summed E-state index contributed by atoms with van der Waals surface area (Å²) in [6.45, 7) is 3.19. The fourth-order valence-electron chi connectivity index (χ4n) is 2.84. The fourth-order valence-corrected chi connectivity index (χ4v) is 4.49. The summed E-state index contributed by atoms with van der Waals surface area (Å²) in [7, 11) is -3.46. The zero-order valence-electron chi connectivity index (χ0n) is 17.7. The summed E-state index contributed by atoms with van der Waals surface area (Å²) in [6.07, 6.45) is 0. The number of aryl methyl sites for hydroxylation is 1. The van der Waals surface area contributed by atoms with Gasteiger partial charge in [-0.05, 0) is 55.8 Å². The minimum absolute atomic E-state index is 0.00543. The minimum Gasteiger partial charge on any atom is -0.322 e. The van der Waals surface area contributed by atoms with E-state index >= 15 is 0 Å².